The van der Waals surface area contributed by atoms with E-state index in [0.717, 1.165) is 0 Å². The van der Waals surface area contributed by atoms with Crippen molar-refractivity contribution in [3.63, 3.8) is 0 Å². The zero-order valence-corrected chi connectivity index (χ0v) is 8.70. The number of benzene rings is 1. The van der Waals surface area contributed by atoms with E-state index in [-0.39, 0.29) is 11.6 Å². The van der Waals surface area contributed by atoms with Gasteiger partial charge in [0, 0.05) is 11.6 Å². The summed E-state index contributed by atoms with van der Waals surface area (Å²) in [5.41, 5.74) is 0.746. The molecule has 0 aliphatic rings. The lowest BCUT2D eigenvalue weighted by Crippen LogP contribution is -2.18. The highest BCUT2D eigenvalue weighted by Crippen LogP contribution is 2.23. The molecule has 14 heavy (non-hydrogen) atoms. The number of aryl methyl sites for hydroxylation is 1. The molecule has 0 aliphatic heterocycles. The Labute approximate surface area is 83.1 Å². The van der Waals surface area contributed by atoms with Gasteiger partial charge in [0.1, 0.15) is 11.6 Å². The van der Waals surface area contributed by atoms with Gasteiger partial charge in [-0.15, -0.1) is 0 Å². The summed E-state index contributed by atoms with van der Waals surface area (Å²) in [6.07, 6.45) is 0.660. The van der Waals surface area contributed by atoms with Gasteiger partial charge in [0.05, 0.1) is 0 Å². The van der Waals surface area contributed by atoms with E-state index in [1.165, 1.54) is 12.1 Å². The second kappa shape index (κ2) is 4.51. The zero-order chi connectivity index (χ0) is 10.7. The lowest BCUT2D eigenvalue weighted by atomic mass is 10.0. The molecule has 1 nitrogen and oxygen atoms in total. The summed E-state index contributed by atoms with van der Waals surface area (Å²) in [4.78, 5) is 0. The first-order valence-corrected chi connectivity index (χ1v) is 4.73. The van der Waals surface area contributed by atoms with Crippen molar-refractivity contribution < 1.29 is 8.78 Å². The van der Waals surface area contributed by atoms with Crippen LogP contribution in [0.15, 0.2) is 12.1 Å². The quantitative estimate of drug-likeness (QED) is 0.789. The third kappa shape index (κ3) is 2.10. The predicted octanol–water partition coefficient (Wildman–Crippen LogP) is 2.94. The topological polar surface area (TPSA) is 12.0 Å². The molecule has 0 fully saturated rings. The first-order valence-electron chi connectivity index (χ1n) is 4.73. The van der Waals surface area contributed by atoms with Gasteiger partial charge in [0.2, 0.25) is 0 Å². The molecule has 1 N–H and O–H groups in total. The van der Waals surface area contributed by atoms with Crippen LogP contribution in [0.1, 0.15) is 30.5 Å². The highest BCUT2D eigenvalue weighted by Gasteiger charge is 2.17. The molecule has 0 amide bonds. The van der Waals surface area contributed by atoms with Gasteiger partial charge in [-0.05, 0) is 38.1 Å². The molecule has 1 aromatic rings. The molecule has 1 unspecified atom stereocenters. The molecule has 0 spiro atoms. The molecule has 0 aliphatic carbocycles. The molecule has 1 aromatic carbocycles. The Morgan fingerprint density at radius 2 is 1.79 bits per heavy atom. The summed E-state index contributed by atoms with van der Waals surface area (Å²) in [5.74, 6) is -0.938. The van der Waals surface area contributed by atoms with Gasteiger partial charge >= 0.3 is 0 Å². The molecule has 0 heterocycles. The summed E-state index contributed by atoms with van der Waals surface area (Å²) in [7, 11) is 1.70. The van der Waals surface area contributed by atoms with Crippen LogP contribution >= 0.6 is 0 Å². The second-order valence-corrected chi connectivity index (χ2v) is 3.39. The van der Waals surface area contributed by atoms with Gasteiger partial charge in [-0.3, -0.25) is 0 Å². The van der Waals surface area contributed by atoms with Crippen molar-refractivity contribution in [3.05, 3.63) is 34.9 Å². The van der Waals surface area contributed by atoms with E-state index in [2.05, 4.69) is 5.32 Å². The monoisotopic (exact) mass is 199 g/mol. The van der Waals surface area contributed by atoms with Gasteiger partial charge in [-0.2, -0.15) is 0 Å². The number of nitrogens with one attached hydrogen (secondary N) is 1. The van der Waals surface area contributed by atoms with Crippen molar-refractivity contribution in [2.45, 2.75) is 26.3 Å². The van der Waals surface area contributed by atoms with Crippen LogP contribution in [0.25, 0.3) is 0 Å². The fourth-order valence-electron chi connectivity index (χ4n) is 1.60. The largest absolute Gasteiger partial charge is 0.313 e. The summed E-state index contributed by atoms with van der Waals surface area (Å²) < 4.78 is 26.9. The number of hydrogen-bond donors (Lipinski definition) is 1. The van der Waals surface area contributed by atoms with Crippen LogP contribution in [0.5, 0.6) is 0 Å². The molecule has 78 valence electrons. The van der Waals surface area contributed by atoms with Gasteiger partial charge < -0.3 is 5.32 Å². The molecule has 0 aromatic heterocycles. The Kier molecular flexibility index (Phi) is 3.58. The van der Waals surface area contributed by atoms with E-state index in [1.807, 2.05) is 6.92 Å². The number of hydrogen-bond acceptors (Lipinski definition) is 1. The van der Waals surface area contributed by atoms with Crippen LogP contribution in [-0.2, 0) is 0 Å². The minimum atomic E-state index is -0.469. The zero-order valence-electron chi connectivity index (χ0n) is 8.70. The third-order valence-corrected chi connectivity index (χ3v) is 2.33. The Balaban J connectivity index is 3.19. The molecular weight excluding hydrogens is 184 g/mol. The maximum atomic E-state index is 13.5. The average Bonchev–Trinajstić information content (AvgIpc) is 2.10. The third-order valence-electron chi connectivity index (χ3n) is 2.33. The van der Waals surface area contributed by atoms with Gasteiger partial charge in [-0.1, -0.05) is 6.92 Å². The van der Waals surface area contributed by atoms with Gasteiger partial charge in [0.25, 0.3) is 0 Å². The van der Waals surface area contributed by atoms with E-state index in [0.29, 0.717) is 12.0 Å². The lowest BCUT2D eigenvalue weighted by Gasteiger charge is -2.16. The standard InChI is InChI=1S/C11H15F2N/c1-4-10(14-3)11-8(12)5-7(2)6-9(11)13/h5-6,10,14H,4H2,1-3H3. The maximum absolute atomic E-state index is 13.5. The van der Waals surface area contributed by atoms with Crippen LogP contribution in [0.2, 0.25) is 0 Å². The minimum absolute atomic E-state index is 0.139. The van der Waals surface area contributed by atoms with E-state index in [4.69, 9.17) is 0 Å². The Morgan fingerprint density at radius 1 is 1.29 bits per heavy atom. The average molecular weight is 199 g/mol. The number of halogens is 2. The SMILES string of the molecule is CCC(NC)c1c(F)cc(C)cc1F. The van der Waals surface area contributed by atoms with Crippen LogP contribution < -0.4 is 5.32 Å². The minimum Gasteiger partial charge on any atom is -0.313 e. The highest BCUT2D eigenvalue weighted by atomic mass is 19.1. The fourth-order valence-corrected chi connectivity index (χ4v) is 1.60. The Bertz CT molecular complexity index is 296. The predicted molar refractivity (Wildman–Crippen MR) is 53.2 cm³/mol. The first-order chi connectivity index (χ1) is 6.60. The van der Waals surface area contributed by atoms with Crippen molar-refractivity contribution in [1.29, 1.82) is 0 Å². The highest BCUT2D eigenvalue weighted by molar-refractivity contribution is 5.27. The Hall–Kier alpha value is -0.960. The van der Waals surface area contributed by atoms with Crippen molar-refractivity contribution >= 4 is 0 Å². The van der Waals surface area contributed by atoms with E-state index < -0.39 is 11.6 Å². The molecule has 0 bridgehead atoms. The molecule has 1 atom stereocenters. The summed E-state index contributed by atoms with van der Waals surface area (Å²) in [6, 6.07) is 2.46. The molecule has 3 heteroatoms. The fraction of sp³-hybridized carbons (Fsp3) is 0.455. The van der Waals surface area contributed by atoms with Crippen LogP contribution in [0.3, 0.4) is 0 Å². The van der Waals surface area contributed by atoms with Crippen molar-refractivity contribution in [2.75, 3.05) is 7.05 Å². The van der Waals surface area contributed by atoms with Crippen LogP contribution in [0.4, 0.5) is 8.78 Å². The normalized spacial score (nSPS) is 12.9. The summed E-state index contributed by atoms with van der Waals surface area (Å²) in [5, 5.41) is 2.89. The van der Waals surface area contributed by atoms with Gasteiger partial charge in [-0.25, -0.2) is 8.78 Å². The molecule has 0 radical (unpaired) electrons. The van der Waals surface area contributed by atoms with E-state index >= 15 is 0 Å². The van der Waals surface area contributed by atoms with Gasteiger partial charge in [0.15, 0.2) is 0 Å². The smallest absolute Gasteiger partial charge is 0.131 e. The lowest BCUT2D eigenvalue weighted by molar-refractivity contribution is 0.482. The second-order valence-electron chi connectivity index (χ2n) is 3.39. The maximum Gasteiger partial charge on any atom is 0.131 e. The molecule has 1 rings (SSSR count). The summed E-state index contributed by atoms with van der Waals surface area (Å²) >= 11 is 0. The van der Waals surface area contributed by atoms with E-state index in [9.17, 15) is 8.78 Å². The van der Waals surface area contributed by atoms with Crippen molar-refractivity contribution in [1.82, 2.24) is 5.32 Å². The molecular formula is C11H15F2N. The Morgan fingerprint density at radius 3 is 2.14 bits per heavy atom. The van der Waals surface area contributed by atoms with Crippen LogP contribution in [0, 0.1) is 18.6 Å². The molecule has 0 saturated carbocycles. The van der Waals surface area contributed by atoms with Crippen molar-refractivity contribution in [2.24, 2.45) is 0 Å². The first kappa shape index (κ1) is 11.1. The van der Waals surface area contributed by atoms with Crippen LogP contribution in [-0.4, -0.2) is 7.05 Å². The van der Waals surface area contributed by atoms with E-state index in [1.54, 1.807) is 14.0 Å². The summed E-state index contributed by atoms with van der Waals surface area (Å²) in [6.45, 7) is 3.57. The van der Waals surface area contributed by atoms with Crippen molar-refractivity contribution in [3.8, 4) is 0 Å². The number of rotatable bonds is 3. The molecule has 0 saturated heterocycles.